The van der Waals surface area contributed by atoms with Gasteiger partial charge in [-0.2, -0.15) is 0 Å². The molecule has 0 amide bonds. The summed E-state index contributed by atoms with van der Waals surface area (Å²) in [5, 5.41) is 17.4. The maximum atomic E-state index is 8.78. The Morgan fingerprint density at radius 1 is 1.33 bits per heavy atom. The Morgan fingerprint density at radius 2 is 2.00 bits per heavy atom. The Hall–Kier alpha value is -0.160. The molecular weight excluding hydrogens is 160 g/mol. The Morgan fingerprint density at radius 3 is 2.42 bits per heavy atom. The third-order valence-corrected chi connectivity index (χ3v) is 1.44. The maximum absolute atomic E-state index is 8.78. The van der Waals surface area contributed by atoms with Crippen molar-refractivity contribution < 1.29 is 19.7 Å². The number of aliphatic hydroxyl groups excluding tert-OH is 2. The van der Waals surface area contributed by atoms with Gasteiger partial charge in [-0.1, -0.05) is 0 Å². The zero-order chi connectivity index (χ0) is 9.40. The molecule has 0 heterocycles. The fourth-order valence-corrected chi connectivity index (χ4v) is 0.891. The molecule has 4 heteroatoms. The van der Waals surface area contributed by atoms with Gasteiger partial charge in [0, 0.05) is 13.2 Å². The summed E-state index contributed by atoms with van der Waals surface area (Å²) in [5.41, 5.74) is 0. The first-order valence-electron chi connectivity index (χ1n) is 4.23. The smallest absolute Gasteiger partial charge is 0.155 e. The molecule has 0 saturated carbocycles. The molecule has 0 fully saturated rings. The minimum Gasteiger partial charge on any atom is -0.396 e. The van der Waals surface area contributed by atoms with Gasteiger partial charge in [0.05, 0.1) is 12.7 Å². The van der Waals surface area contributed by atoms with Crippen LogP contribution in [-0.4, -0.2) is 42.4 Å². The van der Waals surface area contributed by atoms with Crippen LogP contribution < -0.4 is 0 Å². The third kappa shape index (κ3) is 5.49. The van der Waals surface area contributed by atoms with Crippen molar-refractivity contribution in [2.24, 2.45) is 0 Å². The highest BCUT2D eigenvalue weighted by Crippen LogP contribution is 2.02. The van der Waals surface area contributed by atoms with Crippen LogP contribution in [0, 0.1) is 0 Å². The fourth-order valence-electron chi connectivity index (χ4n) is 0.891. The molecule has 2 N–H and O–H groups in total. The Balaban J connectivity index is 3.53. The molecule has 0 aliphatic heterocycles. The minimum atomic E-state index is -0.323. The lowest BCUT2D eigenvalue weighted by atomic mass is 10.3. The highest BCUT2D eigenvalue weighted by Gasteiger charge is 2.11. The van der Waals surface area contributed by atoms with Gasteiger partial charge in [-0.15, -0.1) is 0 Å². The van der Waals surface area contributed by atoms with E-state index in [-0.39, 0.29) is 25.6 Å². The van der Waals surface area contributed by atoms with Crippen LogP contribution in [0.5, 0.6) is 0 Å². The van der Waals surface area contributed by atoms with E-state index in [1.165, 1.54) is 0 Å². The van der Waals surface area contributed by atoms with E-state index in [0.29, 0.717) is 13.0 Å². The van der Waals surface area contributed by atoms with Crippen molar-refractivity contribution in [2.45, 2.75) is 32.7 Å². The predicted molar refractivity (Wildman–Crippen MR) is 44.7 cm³/mol. The van der Waals surface area contributed by atoms with Gasteiger partial charge >= 0.3 is 0 Å². The molecular formula is C8H18O4. The number of hydrogen-bond acceptors (Lipinski definition) is 4. The second-order valence-electron chi connectivity index (χ2n) is 2.48. The van der Waals surface area contributed by atoms with Crippen molar-refractivity contribution in [1.29, 1.82) is 0 Å². The molecule has 0 aromatic rings. The molecule has 0 saturated heterocycles. The molecule has 0 rings (SSSR count). The minimum absolute atomic E-state index is 0.0179. The van der Waals surface area contributed by atoms with Crippen LogP contribution in [0.25, 0.3) is 0 Å². The summed E-state index contributed by atoms with van der Waals surface area (Å²) in [6.07, 6.45) is -0.205. The van der Waals surface area contributed by atoms with E-state index in [9.17, 15) is 0 Å². The van der Waals surface area contributed by atoms with E-state index in [1.54, 1.807) is 6.92 Å². The number of hydrogen-bond donors (Lipinski definition) is 2. The average molecular weight is 178 g/mol. The van der Waals surface area contributed by atoms with Gasteiger partial charge in [0.2, 0.25) is 0 Å². The highest BCUT2D eigenvalue weighted by atomic mass is 16.7. The molecule has 0 spiro atoms. The van der Waals surface area contributed by atoms with Gasteiger partial charge < -0.3 is 19.7 Å². The summed E-state index contributed by atoms with van der Waals surface area (Å²) >= 11 is 0. The fraction of sp³-hybridized carbons (Fsp3) is 1.00. The second kappa shape index (κ2) is 7.49. The Labute approximate surface area is 73.1 Å². The van der Waals surface area contributed by atoms with Crippen molar-refractivity contribution in [1.82, 2.24) is 0 Å². The van der Waals surface area contributed by atoms with Crippen LogP contribution in [0.4, 0.5) is 0 Å². The van der Waals surface area contributed by atoms with Crippen LogP contribution in [0.2, 0.25) is 0 Å². The van der Waals surface area contributed by atoms with Crippen molar-refractivity contribution in [3.05, 3.63) is 0 Å². The molecule has 4 nitrogen and oxygen atoms in total. The molecule has 0 aromatic carbocycles. The number of aliphatic hydroxyl groups is 2. The van der Waals surface area contributed by atoms with Crippen molar-refractivity contribution >= 4 is 0 Å². The molecule has 74 valence electrons. The Bertz CT molecular complexity index is 97.1. The molecule has 0 aliphatic rings. The van der Waals surface area contributed by atoms with Gasteiger partial charge in [-0.25, -0.2) is 0 Å². The molecule has 0 radical (unpaired) electrons. The normalized spacial score (nSPS) is 16.0. The summed E-state index contributed by atoms with van der Waals surface area (Å²) in [6, 6.07) is 0. The summed E-state index contributed by atoms with van der Waals surface area (Å²) in [6.45, 7) is 4.16. The van der Waals surface area contributed by atoms with Gasteiger partial charge in [-0.05, 0) is 20.3 Å². The first-order chi connectivity index (χ1) is 5.74. The zero-order valence-corrected chi connectivity index (χ0v) is 7.69. The summed E-state index contributed by atoms with van der Waals surface area (Å²) < 4.78 is 10.4. The van der Waals surface area contributed by atoms with Gasteiger partial charge in [0.1, 0.15) is 0 Å². The van der Waals surface area contributed by atoms with E-state index in [2.05, 4.69) is 0 Å². The summed E-state index contributed by atoms with van der Waals surface area (Å²) in [4.78, 5) is 0. The summed E-state index contributed by atoms with van der Waals surface area (Å²) in [7, 11) is 0. The van der Waals surface area contributed by atoms with E-state index >= 15 is 0 Å². The third-order valence-electron chi connectivity index (χ3n) is 1.44. The van der Waals surface area contributed by atoms with Crippen molar-refractivity contribution in [3.8, 4) is 0 Å². The summed E-state index contributed by atoms with van der Waals surface area (Å²) in [5.74, 6) is 0. The standard InChI is InChI=1S/C8H18O4/c1-3-11-7(2)12-8(6-10)4-5-9/h7-10H,3-6H2,1-2H3/t7-,8+/m1/s1. The molecule has 12 heavy (non-hydrogen) atoms. The van der Waals surface area contributed by atoms with Crippen LogP contribution in [0.15, 0.2) is 0 Å². The van der Waals surface area contributed by atoms with Crippen LogP contribution in [-0.2, 0) is 9.47 Å². The van der Waals surface area contributed by atoms with E-state index in [4.69, 9.17) is 19.7 Å². The molecule has 2 atom stereocenters. The topological polar surface area (TPSA) is 58.9 Å². The maximum Gasteiger partial charge on any atom is 0.155 e. The largest absolute Gasteiger partial charge is 0.396 e. The zero-order valence-electron chi connectivity index (χ0n) is 7.69. The molecule has 0 aliphatic carbocycles. The van der Waals surface area contributed by atoms with E-state index < -0.39 is 0 Å². The highest BCUT2D eigenvalue weighted by molar-refractivity contribution is 4.54. The van der Waals surface area contributed by atoms with E-state index in [0.717, 1.165) is 0 Å². The molecule has 0 bridgehead atoms. The lowest BCUT2D eigenvalue weighted by Crippen LogP contribution is -2.26. The Kier molecular flexibility index (Phi) is 7.39. The van der Waals surface area contributed by atoms with Crippen LogP contribution >= 0.6 is 0 Å². The quantitative estimate of drug-likeness (QED) is 0.544. The lowest BCUT2D eigenvalue weighted by Gasteiger charge is -2.19. The number of ether oxygens (including phenoxy) is 2. The van der Waals surface area contributed by atoms with Gasteiger partial charge in [-0.3, -0.25) is 0 Å². The SMILES string of the molecule is CCO[C@@H](C)O[C@H](CO)CCO. The van der Waals surface area contributed by atoms with Gasteiger partial charge in [0.15, 0.2) is 6.29 Å². The van der Waals surface area contributed by atoms with E-state index in [1.807, 2.05) is 6.92 Å². The number of rotatable bonds is 7. The first kappa shape index (κ1) is 11.8. The predicted octanol–water partition coefficient (Wildman–Crippen LogP) is 0.129. The second-order valence-corrected chi connectivity index (χ2v) is 2.48. The first-order valence-corrected chi connectivity index (χ1v) is 4.23. The van der Waals surface area contributed by atoms with Crippen LogP contribution in [0.1, 0.15) is 20.3 Å². The molecule has 0 unspecified atom stereocenters. The van der Waals surface area contributed by atoms with Gasteiger partial charge in [0.25, 0.3) is 0 Å². The van der Waals surface area contributed by atoms with Crippen molar-refractivity contribution in [3.63, 3.8) is 0 Å². The molecule has 0 aromatic heterocycles. The van der Waals surface area contributed by atoms with Crippen LogP contribution in [0.3, 0.4) is 0 Å². The van der Waals surface area contributed by atoms with Crippen molar-refractivity contribution in [2.75, 3.05) is 19.8 Å². The monoisotopic (exact) mass is 178 g/mol. The lowest BCUT2D eigenvalue weighted by molar-refractivity contribution is -0.168. The average Bonchev–Trinajstić information content (AvgIpc) is 2.04.